The molecule has 6 heteroatoms. The van der Waals surface area contributed by atoms with E-state index in [0.717, 1.165) is 11.1 Å². The Kier molecular flexibility index (Phi) is 14.4. The van der Waals surface area contributed by atoms with Crippen LogP contribution in [0.5, 0.6) is 5.75 Å². The van der Waals surface area contributed by atoms with Crippen molar-refractivity contribution in [3.05, 3.63) is 102 Å². The molecule has 0 fully saturated rings. The number of rotatable bonds is 10. The Morgan fingerprint density at radius 2 is 1.12 bits per heavy atom. The maximum atomic E-state index is 10.8. The molecular weight excluding hydrogens is 423 g/mol. The fourth-order valence-corrected chi connectivity index (χ4v) is 3.40. The lowest BCUT2D eigenvalue weighted by Crippen LogP contribution is -2.01. The lowest BCUT2D eigenvalue weighted by Gasteiger charge is -2.17. The van der Waals surface area contributed by atoms with Crippen LogP contribution in [0.2, 0.25) is 0 Å². The van der Waals surface area contributed by atoms with Gasteiger partial charge in [0.2, 0.25) is 0 Å². The largest absolute Gasteiger partial charge is 0.481 e. The number of benzene rings is 3. The number of hydrogen-bond donors (Lipinski definition) is 1. The highest BCUT2D eigenvalue weighted by molar-refractivity contribution is 7.42. The van der Waals surface area contributed by atoms with Gasteiger partial charge < -0.3 is 9.63 Å². The molecule has 172 valence electrons. The van der Waals surface area contributed by atoms with E-state index in [0.29, 0.717) is 24.5 Å². The van der Waals surface area contributed by atoms with Crippen molar-refractivity contribution in [2.75, 3.05) is 0 Å². The monoisotopic (exact) mass is 456 g/mol. The summed E-state index contributed by atoms with van der Waals surface area (Å²) in [6.07, 6.45) is -0.0238. The second-order valence-corrected chi connectivity index (χ2v) is 7.19. The fourth-order valence-electron chi connectivity index (χ4n) is 2.42. The van der Waals surface area contributed by atoms with E-state index >= 15 is 0 Å². The van der Waals surface area contributed by atoms with E-state index in [9.17, 15) is 4.79 Å². The van der Waals surface area contributed by atoms with Gasteiger partial charge in [0.25, 0.3) is 0 Å². The standard InChI is InChI=1S/C22H21O5P.2C2H6/c23-22(24)15-18-11-13-21(14-12-18)27-28(25-16-19-7-3-1-4-8-19)26-17-20-9-5-2-6-10-20;2*1-2/h1-14H,15-17H2,(H,23,24);2*1-2H3. The van der Waals surface area contributed by atoms with E-state index in [1.54, 1.807) is 24.3 Å². The third kappa shape index (κ3) is 11.1. The first kappa shape index (κ1) is 27.3. The SMILES string of the molecule is CC.CC.O=C(O)Cc1ccc(OP(OCc2ccccc2)OCc2ccccc2)cc1. The van der Waals surface area contributed by atoms with E-state index in [-0.39, 0.29) is 6.42 Å². The van der Waals surface area contributed by atoms with Crippen LogP contribution in [-0.4, -0.2) is 11.1 Å². The van der Waals surface area contributed by atoms with Crippen molar-refractivity contribution in [1.29, 1.82) is 0 Å². The van der Waals surface area contributed by atoms with Gasteiger partial charge in [0, 0.05) is 0 Å². The van der Waals surface area contributed by atoms with Crippen LogP contribution in [0.1, 0.15) is 44.4 Å². The van der Waals surface area contributed by atoms with Gasteiger partial charge in [-0.15, -0.1) is 0 Å². The van der Waals surface area contributed by atoms with Crippen molar-refractivity contribution in [2.24, 2.45) is 0 Å². The van der Waals surface area contributed by atoms with E-state index in [4.69, 9.17) is 18.7 Å². The van der Waals surface area contributed by atoms with Gasteiger partial charge in [-0.25, -0.2) is 0 Å². The number of carbonyl (C=O) groups is 1. The Hall–Kier alpha value is -2.72. The van der Waals surface area contributed by atoms with Crippen LogP contribution in [0.4, 0.5) is 0 Å². The molecular formula is C26H33O5P. The second kappa shape index (κ2) is 16.9. The molecule has 1 N–H and O–H groups in total. The average molecular weight is 457 g/mol. The van der Waals surface area contributed by atoms with E-state index in [1.165, 1.54) is 0 Å². The van der Waals surface area contributed by atoms with Crippen molar-refractivity contribution in [3.63, 3.8) is 0 Å². The van der Waals surface area contributed by atoms with Gasteiger partial charge in [0.15, 0.2) is 0 Å². The third-order valence-electron chi connectivity index (χ3n) is 3.82. The van der Waals surface area contributed by atoms with Gasteiger partial charge >= 0.3 is 14.6 Å². The molecule has 0 amide bonds. The predicted octanol–water partition coefficient (Wildman–Crippen LogP) is 7.41. The van der Waals surface area contributed by atoms with Crippen LogP contribution in [0.15, 0.2) is 84.9 Å². The number of carboxylic acid groups (broad SMARTS) is 1. The normalized spacial score (nSPS) is 9.78. The molecule has 0 spiro atoms. The third-order valence-corrected chi connectivity index (χ3v) is 4.86. The smallest absolute Gasteiger partial charge is 0.397 e. The topological polar surface area (TPSA) is 65.0 Å². The quantitative estimate of drug-likeness (QED) is 0.322. The highest BCUT2D eigenvalue weighted by Crippen LogP contribution is 2.42. The van der Waals surface area contributed by atoms with E-state index in [1.807, 2.05) is 88.4 Å². The van der Waals surface area contributed by atoms with Crippen LogP contribution in [0.25, 0.3) is 0 Å². The Morgan fingerprint density at radius 1 is 0.688 bits per heavy atom. The molecule has 3 rings (SSSR count). The van der Waals surface area contributed by atoms with Gasteiger partial charge in [-0.05, 0) is 28.8 Å². The molecule has 0 aliphatic heterocycles. The summed E-state index contributed by atoms with van der Waals surface area (Å²) in [5, 5.41) is 8.87. The minimum Gasteiger partial charge on any atom is -0.481 e. The zero-order chi connectivity index (χ0) is 23.6. The van der Waals surface area contributed by atoms with Gasteiger partial charge in [0.1, 0.15) is 5.75 Å². The van der Waals surface area contributed by atoms with Crippen LogP contribution in [0.3, 0.4) is 0 Å². The first-order valence-electron chi connectivity index (χ1n) is 10.8. The molecule has 0 bridgehead atoms. The highest BCUT2D eigenvalue weighted by Gasteiger charge is 2.16. The van der Waals surface area contributed by atoms with Crippen LogP contribution in [0, 0.1) is 0 Å². The molecule has 32 heavy (non-hydrogen) atoms. The fraction of sp³-hybridized carbons (Fsp3) is 0.269. The molecule has 0 unspecified atom stereocenters. The van der Waals surface area contributed by atoms with Crippen molar-refractivity contribution in [3.8, 4) is 5.75 Å². The van der Waals surface area contributed by atoms with Crippen molar-refractivity contribution >= 4 is 14.6 Å². The summed E-state index contributed by atoms with van der Waals surface area (Å²) < 4.78 is 17.6. The van der Waals surface area contributed by atoms with Crippen LogP contribution >= 0.6 is 8.60 Å². The maximum absolute atomic E-state index is 10.8. The number of carboxylic acids is 1. The Bertz CT molecular complexity index is 811. The first-order chi connectivity index (χ1) is 15.7. The summed E-state index contributed by atoms with van der Waals surface area (Å²) >= 11 is 0. The molecule has 5 nitrogen and oxygen atoms in total. The van der Waals surface area contributed by atoms with E-state index < -0.39 is 14.6 Å². The first-order valence-corrected chi connectivity index (χ1v) is 11.9. The van der Waals surface area contributed by atoms with Crippen LogP contribution < -0.4 is 4.52 Å². The number of hydrogen-bond acceptors (Lipinski definition) is 4. The molecule has 3 aromatic rings. The Balaban J connectivity index is 0.00000121. The van der Waals surface area contributed by atoms with Gasteiger partial charge in [-0.1, -0.05) is 100 Å². The molecule has 0 aromatic heterocycles. The maximum Gasteiger partial charge on any atom is 0.397 e. The summed E-state index contributed by atoms with van der Waals surface area (Å²) in [5.41, 5.74) is 2.76. The molecule has 0 aliphatic carbocycles. The summed E-state index contributed by atoms with van der Waals surface area (Å²) in [4.78, 5) is 10.8. The summed E-state index contributed by atoms with van der Waals surface area (Å²) in [5.74, 6) is -0.297. The lowest BCUT2D eigenvalue weighted by molar-refractivity contribution is -0.136. The van der Waals surface area contributed by atoms with Crippen molar-refractivity contribution < 1.29 is 23.5 Å². The molecule has 0 aliphatic rings. The van der Waals surface area contributed by atoms with Gasteiger partial charge in [0.05, 0.1) is 19.6 Å². The zero-order valence-corrected chi connectivity index (χ0v) is 20.1. The second-order valence-electron chi connectivity index (χ2n) is 6.05. The molecule has 3 aromatic carbocycles. The zero-order valence-electron chi connectivity index (χ0n) is 19.2. The average Bonchev–Trinajstić information content (AvgIpc) is 2.85. The molecule has 0 atom stereocenters. The minimum atomic E-state index is -1.63. The molecule has 0 saturated heterocycles. The summed E-state index contributed by atoms with van der Waals surface area (Å²) in [7, 11) is -1.63. The van der Waals surface area contributed by atoms with Gasteiger partial charge in [-0.3, -0.25) is 13.8 Å². The van der Waals surface area contributed by atoms with Gasteiger partial charge in [-0.2, -0.15) is 0 Å². The summed E-state index contributed by atoms with van der Waals surface area (Å²) in [6.45, 7) is 8.75. The summed E-state index contributed by atoms with van der Waals surface area (Å²) in [6, 6.07) is 26.5. The lowest BCUT2D eigenvalue weighted by atomic mass is 10.1. The highest BCUT2D eigenvalue weighted by atomic mass is 31.2. The van der Waals surface area contributed by atoms with Crippen LogP contribution in [-0.2, 0) is 33.5 Å². The predicted molar refractivity (Wildman–Crippen MR) is 130 cm³/mol. The molecule has 0 heterocycles. The Labute approximate surface area is 193 Å². The minimum absolute atomic E-state index is 0.0238. The molecule has 0 saturated carbocycles. The number of aliphatic carboxylic acids is 1. The molecule has 0 radical (unpaired) electrons. The Morgan fingerprint density at radius 3 is 1.53 bits per heavy atom. The van der Waals surface area contributed by atoms with E-state index in [2.05, 4.69) is 0 Å². The van der Waals surface area contributed by atoms with Crippen molar-refractivity contribution in [1.82, 2.24) is 0 Å². The van der Waals surface area contributed by atoms with Crippen molar-refractivity contribution in [2.45, 2.75) is 47.3 Å².